The number of aromatic nitrogens is 2. The van der Waals surface area contributed by atoms with Gasteiger partial charge in [0.05, 0.1) is 6.61 Å². The van der Waals surface area contributed by atoms with Gasteiger partial charge in [0.1, 0.15) is 5.75 Å². The lowest BCUT2D eigenvalue weighted by Crippen LogP contribution is -2.28. The molecule has 7 nitrogen and oxygen atoms in total. The van der Waals surface area contributed by atoms with E-state index in [0.717, 1.165) is 16.9 Å². The molecule has 0 unspecified atom stereocenters. The van der Waals surface area contributed by atoms with Crippen LogP contribution >= 0.6 is 0 Å². The number of carbonyl (C=O) groups excluding carboxylic acids is 1. The Morgan fingerprint density at radius 1 is 1.12 bits per heavy atom. The molecule has 3 aromatic rings. The number of hydrogen-bond acceptors (Lipinski definition) is 5. The van der Waals surface area contributed by atoms with Crippen molar-refractivity contribution in [2.75, 3.05) is 11.9 Å². The van der Waals surface area contributed by atoms with Gasteiger partial charge in [-0.2, -0.15) is 4.98 Å². The fraction of sp³-hybridized carbons (Fsp3) is 0.211. The van der Waals surface area contributed by atoms with Crippen molar-refractivity contribution in [1.29, 1.82) is 0 Å². The lowest BCUT2D eigenvalue weighted by Gasteiger charge is -2.09. The molecule has 0 aliphatic heterocycles. The van der Waals surface area contributed by atoms with Gasteiger partial charge in [-0.25, -0.2) is 4.79 Å². The average molecular weight is 352 g/mol. The molecule has 0 aliphatic rings. The highest BCUT2D eigenvalue weighted by Gasteiger charge is 2.07. The molecule has 0 atom stereocenters. The molecule has 0 spiro atoms. The highest BCUT2D eigenvalue weighted by atomic mass is 16.5. The minimum atomic E-state index is -0.276. The highest BCUT2D eigenvalue weighted by Crippen LogP contribution is 2.18. The standard InChI is InChI=1S/C19H20N4O3/c1-3-25-17-10-4-14(5-11-17)12-20-19(24)22-16-8-6-15(7-9-16)18-21-13(2)26-23-18/h4-11H,3,12H2,1-2H3,(H2,20,22,24). The molecule has 134 valence electrons. The van der Waals surface area contributed by atoms with Crippen LogP contribution in [0, 0.1) is 6.92 Å². The molecule has 2 aromatic carbocycles. The number of rotatable bonds is 6. The number of nitrogens with zero attached hydrogens (tertiary/aromatic N) is 2. The maximum Gasteiger partial charge on any atom is 0.319 e. The summed E-state index contributed by atoms with van der Waals surface area (Å²) in [6.07, 6.45) is 0. The van der Waals surface area contributed by atoms with Crippen LogP contribution in [-0.2, 0) is 6.54 Å². The number of ether oxygens (including phenoxy) is 1. The Morgan fingerprint density at radius 2 is 1.85 bits per heavy atom. The first-order chi connectivity index (χ1) is 12.6. The van der Waals surface area contributed by atoms with Gasteiger partial charge in [0.2, 0.25) is 11.7 Å². The van der Waals surface area contributed by atoms with Crippen LogP contribution in [0.1, 0.15) is 18.4 Å². The van der Waals surface area contributed by atoms with Crippen molar-refractivity contribution in [1.82, 2.24) is 15.5 Å². The monoisotopic (exact) mass is 352 g/mol. The molecule has 3 rings (SSSR count). The molecule has 26 heavy (non-hydrogen) atoms. The van der Waals surface area contributed by atoms with Crippen LogP contribution in [0.15, 0.2) is 53.1 Å². The minimum Gasteiger partial charge on any atom is -0.494 e. The largest absolute Gasteiger partial charge is 0.494 e. The second-order valence-electron chi connectivity index (χ2n) is 5.60. The Balaban J connectivity index is 1.51. The Labute approximate surface area is 151 Å². The Bertz CT molecular complexity index is 857. The van der Waals surface area contributed by atoms with Crippen LogP contribution in [0.5, 0.6) is 5.75 Å². The van der Waals surface area contributed by atoms with Crippen molar-refractivity contribution in [2.45, 2.75) is 20.4 Å². The topological polar surface area (TPSA) is 89.3 Å². The third-order valence-corrected chi connectivity index (χ3v) is 3.62. The van der Waals surface area contributed by atoms with Crippen LogP contribution in [0.2, 0.25) is 0 Å². The summed E-state index contributed by atoms with van der Waals surface area (Å²) < 4.78 is 10.4. The number of hydrogen-bond donors (Lipinski definition) is 2. The van der Waals surface area contributed by atoms with Crippen LogP contribution in [0.25, 0.3) is 11.4 Å². The molecule has 0 saturated heterocycles. The zero-order valence-electron chi connectivity index (χ0n) is 14.7. The Kier molecular flexibility index (Phi) is 5.48. The van der Waals surface area contributed by atoms with Gasteiger partial charge in [0.15, 0.2) is 0 Å². The molecule has 0 saturated carbocycles. The van der Waals surface area contributed by atoms with Crippen molar-refractivity contribution in [3.05, 3.63) is 60.0 Å². The minimum absolute atomic E-state index is 0.276. The van der Waals surface area contributed by atoms with Gasteiger partial charge in [-0.1, -0.05) is 17.3 Å². The van der Waals surface area contributed by atoms with E-state index in [-0.39, 0.29) is 6.03 Å². The van der Waals surface area contributed by atoms with Crippen LogP contribution in [-0.4, -0.2) is 22.8 Å². The van der Waals surface area contributed by atoms with E-state index < -0.39 is 0 Å². The summed E-state index contributed by atoms with van der Waals surface area (Å²) in [5.74, 6) is 1.85. The first-order valence-corrected chi connectivity index (χ1v) is 8.31. The molecular formula is C19H20N4O3. The number of amides is 2. The second-order valence-corrected chi connectivity index (χ2v) is 5.60. The summed E-state index contributed by atoms with van der Waals surface area (Å²) >= 11 is 0. The first-order valence-electron chi connectivity index (χ1n) is 8.31. The van der Waals surface area contributed by atoms with Crippen LogP contribution in [0.4, 0.5) is 10.5 Å². The number of benzene rings is 2. The summed E-state index contributed by atoms with van der Waals surface area (Å²) in [6, 6.07) is 14.6. The van der Waals surface area contributed by atoms with Gasteiger partial charge in [0, 0.05) is 24.7 Å². The summed E-state index contributed by atoms with van der Waals surface area (Å²) in [5, 5.41) is 9.47. The number of aryl methyl sites for hydroxylation is 1. The normalized spacial score (nSPS) is 10.4. The molecular weight excluding hydrogens is 332 g/mol. The zero-order valence-corrected chi connectivity index (χ0v) is 14.7. The molecule has 1 aromatic heterocycles. The lowest BCUT2D eigenvalue weighted by molar-refractivity contribution is 0.251. The fourth-order valence-electron chi connectivity index (χ4n) is 2.35. The predicted octanol–water partition coefficient (Wildman–Crippen LogP) is 3.77. The molecule has 0 bridgehead atoms. The first kappa shape index (κ1) is 17.5. The van der Waals surface area contributed by atoms with E-state index in [0.29, 0.717) is 30.6 Å². The molecule has 0 radical (unpaired) electrons. The molecule has 7 heteroatoms. The SMILES string of the molecule is CCOc1ccc(CNC(=O)Nc2ccc(-c3noc(C)n3)cc2)cc1. The van der Waals surface area contributed by atoms with E-state index in [1.54, 1.807) is 19.1 Å². The van der Waals surface area contributed by atoms with E-state index in [9.17, 15) is 4.79 Å². The van der Waals surface area contributed by atoms with Crippen molar-refractivity contribution < 1.29 is 14.1 Å². The Morgan fingerprint density at radius 3 is 2.46 bits per heavy atom. The molecule has 0 fully saturated rings. The summed E-state index contributed by atoms with van der Waals surface area (Å²) in [4.78, 5) is 16.2. The van der Waals surface area contributed by atoms with Crippen LogP contribution in [0.3, 0.4) is 0 Å². The molecule has 2 amide bonds. The molecule has 1 heterocycles. The van der Waals surface area contributed by atoms with E-state index in [1.807, 2.05) is 43.3 Å². The zero-order chi connectivity index (χ0) is 18.4. The summed E-state index contributed by atoms with van der Waals surface area (Å²) in [5.41, 5.74) is 2.49. The van der Waals surface area contributed by atoms with Crippen molar-refractivity contribution >= 4 is 11.7 Å². The molecule has 0 aliphatic carbocycles. The third kappa shape index (κ3) is 4.60. The van der Waals surface area contributed by atoms with Crippen molar-refractivity contribution in [2.24, 2.45) is 0 Å². The van der Waals surface area contributed by atoms with Gasteiger partial charge < -0.3 is 19.9 Å². The quantitative estimate of drug-likeness (QED) is 0.705. The predicted molar refractivity (Wildman–Crippen MR) is 97.9 cm³/mol. The van der Waals surface area contributed by atoms with Gasteiger partial charge in [-0.05, 0) is 48.9 Å². The second kappa shape index (κ2) is 8.15. The average Bonchev–Trinajstić information content (AvgIpc) is 3.08. The third-order valence-electron chi connectivity index (χ3n) is 3.62. The van der Waals surface area contributed by atoms with Crippen LogP contribution < -0.4 is 15.4 Å². The van der Waals surface area contributed by atoms with E-state index >= 15 is 0 Å². The Hall–Kier alpha value is -3.35. The number of anilines is 1. The van der Waals surface area contributed by atoms with Crippen molar-refractivity contribution in [3.8, 4) is 17.1 Å². The van der Waals surface area contributed by atoms with E-state index in [4.69, 9.17) is 9.26 Å². The van der Waals surface area contributed by atoms with Gasteiger partial charge in [-0.3, -0.25) is 0 Å². The number of carbonyl (C=O) groups is 1. The lowest BCUT2D eigenvalue weighted by atomic mass is 10.2. The summed E-state index contributed by atoms with van der Waals surface area (Å²) in [6.45, 7) is 4.74. The van der Waals surface area contributed by atoms with Crippen molar-refractivity contribution in [3.63, 3.8) is 0 Å². The van der Waals surface area contributed by atoms with Gasteiger partial charge in [-0.15, -0.1) is 0 Å². The smallest absolute Gasteiger partial charge is 0.319 e. The number of urea groups is 1. The number of nitrogens with one attached hydrogen (secondary N) is 2. The maximum absolute atomic E-state index is 12.0. The fourth-order valence-corrected chi connectivity index (χ4v) is 2.35. The maximum atomic E-state index is 12.0. The van der Waals surface area contributed by atoms with E-state index in [2.05, 4.69) is 20.8 Å². The van der Waals surface area contributed by atoms with Gasteiger partial charge in [0.25, 0.3) is 0 Å². The molecule has 2 N–H and O–H groups in total. The van der Waals surface area contributed by atoms with E-state index in [1.165, 1.54) is 0 Å². The summed E-state index contributed by atoms with van der Waals surface area (Å²) in [7, 11) is 0. The highest BCUT2D eigenvalue weighted by molar-refractivity contribution is 5.89. The van der Waals surface area contributed by atoms with Gasteiger partial charge >= 0.3 is 6.03 Å².